The molecule has 0 aliphatic carbocycles. The number of ether oxygens (including phenoxy) is 2. The zero-order chi connectivity index (χ0) is 41.6. The summed E-state index contributed by atoms with van der Waals surface area (Å²) < 4.78 is 11.2. The minimum Gasteiger partial charge on any atom is -0.394 e. The van der Waals surface area contributed by atoms with Crippen LogP contribution in [-0.2, 0) is 14.3 Å². The van der Waals surface area contributed by atoms with Crippen molar-refractivity contribution in [1.82, 2.24) is 5.32 Å². The second kappa shape index (κ2) is 38.8. The number of rotatable bonds is 40. The van der Waals surface area contributed by atoms with E-state index in [0.29, 0.717) is 6.42 Å². The molecule has 7 atom stereocenters. The second-order valence-corrected chi connectivity index (χ2v) is 16.9. The Hall–Kier alpha value is -1.33. The molecule has 1 saturated heterocycles. The van der Waals surface area contributed by atoms with E-state index in [9.17, 15) is 30.3 Å². The summed E-state index contributed by atoms with van der Waals surface area (Å²) in [4.78, 5) is 12.8. The van der Waals surface area contributed by atoms with E-state index in [4.69, 9.17) is 9.47 Å². The van der Waals surface area contributed by atoms with Crippen molar-refractivity contribution >= 4 is 5.91 Å². The molecule has 1 amide bonds. The first-order chi connectivity index (χ1) is 27.8. The van der Waals surface area contributed by atoms with Crippen LogP contribution in [0.3, 0.4) is 0 Å². The van der Waals surface area contributed by atoms with E-state index in [0.717, 1.165) is 38.5 Å². The average Bonchev–Trinajstić information content (AvgIpc) is 3.21. The summed E-state index contributed by atoms with van der Waals surface area (Å²) in [5.41, 5.74) is 0. The van der Waals surface area contributed by atoms with Gasteiger partial charge in [0.2, 0.25) is 5.91 Å². The fourth-order valence-electron chi connectivity index (χ4n) is 7.64. The molecule has 6 N–H and O–H groups in total. The fourth-order valence-corrected chi connectivity index (χ4v) is 7.64. The molecular weight excluding hydrogens is 719 g/mol. The van der Waals surface area contributed by atoms with Crippen LogP contribution in [0.1, 0.15) is 219 Å². The van der Waals surface area contributed by atoms with Crippen LogP contribution >= 0.6 is 0 Å². The van der Waals surface area contributed by atoms with Crippen molar-refractivity contribution in [2.75, 3.05) is 13.2 Å². The normalized spacial score (nSPS) is 21.1. The number of hydrogen-bond acceptors (Lipinski definition) is 8. The second-order valence-electron chi connectivity index (χ2n) is 16.9. The Morgan fingerprint density at radius 3 is 1.47 bits per heavy atom. The molecule has 57 heavy (non-hydrogen) atoms. The molecular formula is C48H91NO8. The molecule has 9 heteroatoms. The molecule has 0 radical (unpaired) electrons. The van der Waals surface area contributed by atoms with Gasteiger partial charge < -0.3 is 40.3 Å². The Morgan fingerprint density at radius 2 is 1.00 bits per heavy atom. The number of aliphatic hydroxyl groups is 5. The summed E-state index contributed by atoms with van der Waals surface area (Å²) in [7, 11) is 0. The topological polar surface area (TPSA) is 149 Å². The van der Waals surface area contributed by atoms with Gasteiger partial charge in [0.05, 0.1) is 25.4 Å². The van der Waals surface area contributed by atoms with Crippen LogP contribution in [0.5, 0.6) is 0 Å². The maximum absolute atomic E-state index is 12.8. The smallest absolute Gasteiger partial charge is 0.220 e. The predicted molar refractivity (Wildman–Crippen MR) is 235 cm³/mol. The number of hydrogen-bond donors (Lipinski definition) is 6. The molecule has 0 aromatic rings. The summed E-state index contributed by atoms with van der Waals surface area (Å²) >= 11 is 0. The van der Waals surface area contributed by atoms with E-state index in [-0.39, 0.29) is 12.5 Å². The molecule has 1 fully saturated rings. The van der Waals surface area contributed by atoms with Gasteiger partial charge in [0.15, 0.2) is 6.29 Å². The minimum atomic E-state index is -1.57. The van der Waals surface area contributed by atoms with Gasteiger partial charge in [-0.1, -0.05) is 205 Å². The first-order valence-corrected chi connectivity index (χ1v) is 24.1. The van der Waals surface area contributed by atoms with Crippen LogP contribution in [0.25, 0.3) is 0 Å². The van der Waals surface area contributed by atoms with Crippen LogP contribution in [0.15, 0.2) is 24.3 Å². The van der Waals surface area contributed by atoms with Gasteiger partial charge in [-0.25, -0.2) is 0 Å². The third-order valence-electron chi connectivity index (χ3n) is 11.5. The molecule has 1 aliphatic rings. The molecule has 0 bridgehead atoms. The Balaban J connectivity index is 2.20. The Bertz CT molecular complexity index is 945. The van der Waals surface area contributed by atoms with Gasteiger partial charge in [-0.2, -0.15) is 0 Å². The molecule has 336 valence electrons. The van der Waals surface area contributed by atoms with E-state index in [2.05, 4.69) is 31.3 Å². The molecule has 1 aliphatic heterocycles. The maximum atomic E-state index is 12.8. The quantitative estimate of drug-likeness (QED) is 0.0265. The van der Waals surface area contributed by atoms with Crippen LogP contribution in [0, 0.1) is 0 Å². The van der Waals surface area contributed by atoms with Crippen molar-refractivity contribution in [2.24, 2.45) is 0 Å². The van der Waals surface area contributed by atoms with Gasteiger partial charge in [0.1, 0.15) is 24.4 Å². The molecule has 1 heterocycles. The number of unbranched alkanes of at least 4 members (excludes halogenated alkanes) is 28. The molecule has 0 spiro atoms. The van der Waals surface area contributed by atoms with Gasteiger partial charge in [0, 0.05) is 6.42 Å². The Labute approximate surface area is 349 Å². The number of carbonyl (C=O) groups excluding carboxylic acids is 1. The lowest BCUT2D eigenvalue weighted by atomic mass is 9.99. The molecule has 1 rings (SSSR count). The highest BCUT2D eigenvalue weighted by atomic mass is 16.7. The summed E-state index contributed by atoms with van der Waals surface area (Å²) in [6, 6.07) is -0.815. The summed E-state index contributed by atoms with van der Waals surface area (Å²) in [5.74, 6) is -0.193. The van der Waals surface area contributed by atoms with E-state index >= 15 is 0 Å². The molecule has 0 saturated carbocycles. The first kappa shape index (κ1) is 53.7. The summed E-state index contributed by atoms with van der Waals surface area (Å²) in [5, 5.41) is 54.0. The molecule has 7 unspecified atom stereocenters. The number of nitrogens with one attached hydrogen (secondary N) is 1. The van der Waals surface area contributed by atoms with Gasteiger partial charge in [0.25, 0.3) is 0 Å². The molecule has 0 aromatic carbocycles. The number of allylic oxidation sites excluding steroid dienone is 3. The van der Waals surface area contributed by atoms with Crippen molar-refractivity contribution < 1.29 is 39.8 Å². The zero-order valence-corrected chi connectivity index (χ0v) is 36.9. The van der Waals surface area contributed by atoms with E-state index in [1.807, 2.05) is 6.08 Å². The predicted octanol–water partition coefficient (Wildman–Crippen LogP) is 10.3. The minimum absolute atomic E-state index is 0.193. The lowest BCUT2D eigenvalue weighted by molar-refractivity contribution is -0.302. The zero-order valence-electron chi connectivity index (χ0n) is 36.9. The number of amides is 1. The van der Waals surface area contributed by atoms with E-state index in [1.54, 1.807) is 6.08 Å². The number of carbonyl (C=O) groups is 1. The van der Waals surface area contributed by atoms with Crippen molar-refractivity contribution in [2.45, 2.75) is 262 Å². The van der Waals surface area contributed by atoms with Gasteiger partial charge >= 0.3 is 0 Å². The third kappa shape index (κ3) is 29.5. The van der Waals surface area contributed by atoms with Crippen molar-refractivity contribution in [3.05, 3.63) is 24.3 Å². The average molecular weight is 810 g/mol. The third-order valence-corrected chi connectivity index (χ3v) is 11.5. The lowest BCUT2D eigenvalue weighted by Gasteiger charge is -2.40. The monoisotopic (exact) mass is 810 g/mol. The summed E-state index contributed by atoms with van der Waals surface area (Å²) in [6.07, 6.45) is 39.9. The molecule has 0 aromatic heterocycles. The first-order valence-electron chi connectivity index (χ1n) is 24.1. The lowest BCUT2D eigenvalue weighted by Crippen LogP contribution is -2.60. The van der Waals surface area contributed by atoms with Crippen LogP contribution in [0.2, 0.25) is 0 Å². The van der Waals surface area contributed by atoms with Gasteiger partial charge in [-0.05, 0) is 32.1 Å². The number of aliphatic hydroxyl groups excluding tert-OH is 5. The van der Waals surface area contributed by atoms with Gasteiger partial charge in [-0.3, -0.25) is 4.79 Å². The maximum Gasteiger partial charge on any atom is 0.220 e. The Morgan fingerprint density at radius 1 is 0.579 bits per heavy atom. The Kier molecular flexibility index (Phi) is 36.6. The van der Waals surface area contributed by atoms with Crippen molar-refractivity contribution in [3.8, 4) is 0 Å². The highest BCUT2D eigenvalue weighted by Crippen LogP contribution is 2.23. The van der Waals surface area contributed by atoms with Crippen LogP contribution in [0.4, 0.5) is 0 Å². The SMILES string of the molecule is CCCCCCCCCCCCCCCCCCCCCCC/C=C/CC/C=C/C(O)C(COC1OC(CO)C(O)C(O)C1O)NC(=O)CCCCCCCCC. The molecule has 9 nitrogen and oxygen atoms in total. The van der Waals surface area contributed by atoms with E-state index < -0.39 is 49.5 Å². The standard InChI is InChI=1S/C48H91NO8/c1-3-5-7-9-11-12-13-14-15-16-17-18-19-20-21-22-23-24-25-26-27-28-29-30-32-33-35-37-42(51)41(49-44(52)38-36-34-31-10-8-6-4-2)40-56-48-47(55)46(54)45(53)43(39-50)57-48/h29-30,35,37,41-43,45-48,50-51,53-55H,3-28,31-34,36,38-40H2,1-2H3,(H,49,52)/b30-29+,37-35+. The largest absolute Gasteiger partial charge is 0.394 e. The van der Waals surface area contributed by atoms with Crippen molar-refractivity contribution in [1.29, 1.82) is 0 Å². The van der Waals surface area contributed by atoms with E-state index in [1.165, 1.54) is 161 Å². The highest BCUT2D eigenvalue weighted by Gasteiger charge is 2.44. The fraction of sp³-hybridized carbons (Fsp3) is 0.896. The summed E-state index contributed by atoms with van der Waals surface area (Å²) in [6.45, 7) is 3.71. The highest BCUT2D eigenvalue weighted by molar-refractivity contribution is 5.76. The van der Waals surface area contributed by atoms with Crippen LogP contribution in [-0.4, -0.2) is 87.5 Å². The van der Waals surface area contributed by atoms with Crippen molar-refractivity contribution in [3.63, 3.8) is 0 Å². The van der Waals surface area contributed by atoms with Gasteiger partial charge in [-0.15, -0.1) is 0 Å². The van der Waals surface area contributed by atoms with Crippen LogP contribution < -0.4 is 5.32 Å².